The number of carbonyl (C=O) groups is 1. The number of hydrogen-bond acceptors (Lipinski definition) is 7. The van der Waals surface area contributed by atoms with Gasteiger partial charge in [0.15, 0.2) is 0 Å². The number of likely N-dealkylation sites (tertiary alicyclic amines) is 1. The van der Waals surface area contributed by atoms with Crippen LogP contribution in [0.3, 0.4) is 0 Å². The maximum atomic E-state index is 12.3. The van der Waals surface area contributed by atoms with E-state index in [2.05, 4.69) is 46.6 Å². The molecule has 1 aliphatic heterocycles. The molecule has 1 aromatic heterocycles. The average molecular weight is 540 g/mol. The first-order valence-electron chi connectivity index (χ1n) is 11.0. The minimum Gasteiger partial charge on any atom is -0.369 e. The molecule has 2 heterocycles. The van der Waals surface area contributed by atoms with Crippen LogP contribution in [0.15, 0.2) is 34.9 Å². The van der Waals surface area contributed by atoms with Gasteiger partial charge < -0.3 is 20.9 Å². The van der Waals surface area contributed by atoms with E-state index in [1.54, 1.807) is 6.20 Å². The summed E-state index contributed by atoms with van der Waals surface area (Å²) in [4.78, 5) is 22.9. The lowest BCUT2D eigenvalue weighted by Gasteiger charge is -2.16. The van der Waals surface area contributed by atoms with Crippen molar-refractivity contribution >= 4 is 55.1 Å². The van der Waals surface area contributed by atoms with Crippen molar-refractivity contribution in [2.45, 2.75) is 32.6 Å². The van der Waals surface area contributed by atoms with Crippen molar-refractivity contribution in [1.29, 1.82) is 0 Å². The molecule has 0 unspecified atom stereocenters. The molecule has 2 amide bonds. The van der Waals surface area contributed by atoms with Crippen molar-refractivity contribution in [3.8, 4) is 0 Å². The van der Waals surface area contributed by atoms with E-state index in [-0.39, 0.29) is 11.8 Å². The van der Waals surface area contributed by atoms with E-state index < -0.39 is 10.0 Å². The third kappa shape index (κ3) is 8.13. The number of sulfonamides is 1. The number of halogens is 1. The largest absolute Gasteiger partial charge is 0.369 e. The summed E-state index contributed by atoms with van der Waals surface area (Å²) in [6.07, 6.45) is 4.92. The van der Waals surface area contributed by atoms with E-state index in [0.29, 0.717) is 47.9 Å². The van der Waals surface area contributed by atoms with Crippen LogP contribution in [-0.2, 0) is 10.0 Å². The summed E-state index contributed by atoms with van der Waals surface area (Å²) < 4.78 is 26.7. The number of anilines is 4. The molecule has 180 valence electrons. The Hall–Kier alpha value is -2.44. The maximum absolute atomic E-state index is 12.3. The van der Waals surface area contributed by atoms with Gasteiger partial charge in [0.1, 0.15) is 5.82 Å². The number of rotatable bonds is 11. The molecule has 3 rings (SSSR count). The first-order valence-corrected chi connectivity index (χ1v) is 13.5. The lowest BCUT2D eigenvalue weighted by molar-refractivity contribution is 0.222. The lowest BCUT2D eigenvalue weighted by atomic mass is 10.3. The smallest absolute Gasteiger partial charge is 0.321 e. The summed E-state index contributed by atoms with van der Waals surface area (Å²) in [7, 11) is -3.19. The lowest BCUT2D eigenvalue weighted by Crippen LogP contribution is -2.32. The molecule has 2 aromatic rings. The molecule has 0 saturated carbocycles. The molecule has 0 spiro atoms. The predicted octanol–water partition coefficient (Wildman–Crippen LogP) is 3.74. The number of urea groups is 1. The summed E-state index contributed by atoms with van der Waals surface area (Å²) in [6, 6.07) is 7.29. The van der Waals surface area contributed by atoms with Gasteiger partial charge in [-0.15, -0.1) is 0 Å². The van der Waals surface area contributed by atoms with Crippen LogP contribution in [0.5, 0.6) is 0 Å². The van der Waals surface area contributed by atoms with Gasteiger partial charge in [-0.1, -0.05) is 13.0 Å². The van der Waals surface area contributed by atoms with E-state index in [9.17, 15) is 13.2 Å². The first-order chi connectivity index (χ1) is 15.9. The highest BCUT2D eigenvalue weighted by Gasteiger charge is 2.17. The van der Waals surface area contributed by atoms with Crippen LogP contribution in [0, 0.1) is 0 Å². The fourth-order valence-corrected chi connectivity index (χ4v) is 4.81. The highest BCUT2D eigenvalue weighted by molar-refractivity contribution is 9.10. The molecule has 4 N–H and O–H groups in total. The predicted molar refractivity (Wildman–Crippen MR) is 134 cm³/mol. The third-order valence-electron chi connectivity index (χ3n) is 4.95. The van der Waals surface area contributed by atoms with Crippen molar-refractivity contribution in [2.75, 3.05) is 47.9 Å². The summed E-state index contributed by atoms with van der Waals surface area (Å²) in [6.45, 7) is 4.31. The number of amides is 2. The average Bonchev–Trinajstić information content (AvgIpc) is 3.31. The minimum absolute atomic E-state index is 0.0898. The van der Waals surface area contributed by atoms with Gasteiger partial charge in [-0.25, -0.2) is 22.9 Å². The molecule has 33 heavy (non-hydrogen) atoms. The number of carbonyl (C=O) groups excluding carboxylic acids is 1. The quantitative estimate of drug-likeness (QED) is 0.320. The van der Waals surface area contributed by atoms with E-state index in [0.717, 1.165) is 31.6 Å². The van der Waals surface area contributed by atoms with E-state index in [1.807, 2.05) is 36.1 Å². The van der Waals surface area contributed by atoms with Gasteiger partial charge in [0.25, 0.3) is 0 Å². The second kappa shape index (κ2) is 12.1. The van der Waals surface area contributed by atoms with Crippen molar-refractivity contribution in [3.63, 3.8) is 0 Å². The fraction of sp³-hybridized carbons (Fsp3) is 0.476. The Balaban J connectivity index is 1.53. The van der Waals surface area contributed by atoms with Gasteiger partial charge in [-0.05, 0) is 59.8 Å². The van der Waals surface area contributed by atoms with Gasteiger partial charge >= 0.3 is 6.03 Å². The number of nitrogens with zero attached hydrogens (tertiary/aromatic N) is 3. The fourth-order valence-electron chi connectivity index (χ4n) is 3.34. The monoisotopic (exact) mass is 539 g/mol. The van der Waals surface area contributed by atoms with Gasteiger partial charge in [-0.2, -0.15) is 4.98 Å². The molecule has 1 saturated heterocycles. The number of aromatic nitrogens is 2. The number of nitrogens with one attached hydrogen (secondary N) is 4. The zero-order valence-electron chi connectivity index (χ0n) is 18.6. The van der Waals surface area contributed by atoms with Crippen molar-refractivity contribution in [2.24, 2.45) is 0 Å². The molecular formula is C21H30BrN7O3S. The molecule has 0 aliphatic carbocycles. The van der Waals surface area contributed by atoms with E-state index >= 15 is 0 Å². The minimum atomic E-state index is -3.19. The Labute approximate surface area is 203 Å². The molecule has 12 heteroatoms. The molecule has 0 bridgehead atoms. The standard InChI is InChI=1S/C21H30BrN7O3S/c1-2-13-33(31,32)25-10-6-9-23-19-18(22)15-24-20(28-19)26-16-7-5-8-17(14-16)27-21(30)29-11-3-4-12-29/h5,7-8,14-15,25H,2-4,6,9-13H2,1H3,(H,27,30)(H2,23,24,26,28). The molecule has 1 fully saturated rings. The first kappa shape index (κ1) is 25.2. The van der Waals surface area contributed by atoms with Crippen LogP contribution in [0.2, 0.25) is 0 Å². The van der Waals surface area contributed by atoms with Crippen LogP contribution in [0.25, 0.3) is 0 Å². The Morgan fingerprint density at radius 2 is 1.94 bits per heavy atom. The second-order valence-electron chi connectivity index (χ2n) is 7.71. The van der Waals surface area contributed by atoms with Crippen LogP contribution >= 0.6 is 15.9 Å². The Kier molecular flexibility index (Phi) is 9.27. The van der Waals surface area contributed by atoms with E-state index in [1.165, 1.54) is 0 Å². The van der Waals surface area contributed by atoms with Crippen LogP contribution < -0.4 is 20.7 Å². The van der Waals surface area contributed by atoms with Gasteiger partial charge in [0, 0.05) is 43.8 Å². The third-order valence-corrected chi connectivity index (χ3v) is 7.12. The molecular weight excluding hydrogens is 510 g/mol. The second-order valence-corrected chi connectivity index (χ2v) is 10.5. The molecule has 0 radical (unpaired) electrons. The summed E-state index contributed by atoms with van der Waals surface area (Å²) >= 11 is 3.43. The SMILES string of the molecule is CCCS(=O)(=O)NCCCNc1nc(Nc2cccc(NC(=O)N3CCCC3)c2)ncc1Br. The zero-order chi connectivity index (χ0) is 23.7. The molecule has 10 nitrogen and oxygen atoms in total. The van der Waals surface area contributed by atoms with Crippen molar-refractivity contribution < 1.29 is 13.2 Å². The Morgan fingerprint density at radius 1 is 1.18 bits per heavy atom. The Morgan fingerprint density at radius 3 is 2.70 bits per heavy atom. The maximum Gasteiger partial charge on any atom is 0.321 e. The van der Waals surface area contributed by atoms with Gasteiger partial charge in [0.05, 0.1) is 10.2 Å². The van der Waals surface area contributed by atoms with Gasteiger partial charge in [-0.3, -0.25) is 0 Å². The van der Waals surface area contributed by atoms with Crippen LogP contribution in [-0.4, -0.2) is 61.2 Å². The molecule has 1 aromatic carbocycles. The topological polar surface area (TPSA) is 128 Å². The van der Waals surface area contributed by atoms with Crippen LogP contribution in [0.1, 0.15) is 32.6 Å². The molecule has 1 aliphatic rings. The summed E-state index contributed by atoms with van der Waals surface area (Å²) in [5, 5.41) is 9.27. The summed E-state index contributed by atoms with van der Waals surface area (Å²) in [5.74, 6) is 1.13. The zero-order valence-corrected chi connectivity index (χ0v) is 21.0. The molecule has 0 atom stereocenters. The number of hydrogen-bond donors (Lipinski definition) is 4. The highest BCUT2D eigenvalue weighted by atomic mass is 79.9. The Bertz CT molecular complexity index is 1050. The van der Waals surface area contributed by atoms with Crippen molar-refractivity contribution in [1.82, 2.24) is 19.6 Å². The summed E-state index contributed by atoms with van der Waals surface area (Å²) in [5.41, 5.74) is 1.44. The number of benzene rings is 1. The van der Waals surface area contributed by atoms with Gasteiger partial charge in [0.2, 0.25) is 16.0 Å². The normalized spacial score (nSPS) is 13.7. The highest BCUT2D eigenvalue weighted by Crippen LogP contribution is 2.23. The van der Waals surface area contributed by atoms with E-state index in [4.69, 9.17) is 0 Å². The van der Waals surface area contributed by atoms with Crippen LogP contribution in [0.4, 0.5) is 27.9 Å². The van der Waals surface area contributed by atoms with Crippen molar-refractivity contribution in [3.05, 3.63) is 34.9 Å².